The highest BCUT2D eigenvalue weighted by atomic mass is 32.2. The van der Waals surface area contributed by atoms with E-state index in [0.717, 1.165) is 12.1 Å². The van der Waals surface area contributed by atoms with E-state index in [1.807, 2.05) is 20.8 Å². The molecule has 0 saturated carbocycles. The molecule has 4 atom stereocenters. The number of carbonyl (C=O) groups excluding carboxylic acids is 2. The Morgan fingerprint density at radius 1 is 1.35 bits per heavy atom. The minimum absolute atomic E-state index is 0.0218. The summed E-state index contributed by atoms with van der Waals surface area (Å²) in [5.41, 5.74) is 1.17. The Balaban J connectivity index is 1.49. The summed E-state index contributed by atoms with van der Waals surface area (Å²) in [6.45, 7) is 7.50. The minimum atomic E-state index is -0.550. The molecule has 4 heterocycles. The van der Waals surface area contributed by atoms with E-state index >= 15 is 0 Å². The molecule has 31 heavy (non-hydrogen) atoms. The predicted octanol–water partition coefficient (Wildman–Crippen LogP) is 1.32. The zero-order valence-electron chi connectivity index (χ0n) is 18.0. The van der Waals surface area contributed by atoms with Crippen molar-refractivity contribution in [3.63, 3.8) is 0 Å². The van der Waals surface area contributed by atoms with Gasteiger partial charge in [0.15, 0.2) is 11.4 Å². The first-order chi connectivity index (χ1) is 14.8. The number of rotatable bonds is 5. The maximum atomic E-state index is 12.8. The van der Waals surface area contributed by atoms with Crippen LogP contribution in [0.15, 0.2) is 22.2 Å². The number of hydrogen-bond donors (Lipinski definition) is 3. The number of aromatic nitrogens is 4. The van der Waals surface area contributed by atoms with E-state index in [-0.39, 0.29) is 41.8 Å². The number of nitrogens with one attached hydrogen (secondary N) is 3. The van der Waals surface area contributed by atoms with Crippen LogP contribution in [-0.4, -0.2) is 42.9 Å². The quantitative estimate of drug-likeness (QED) is 0.593. The van der Waals surface area contributed by atoms with Crippen LogP contribution in [0.4, 0.5) is 5.82 Å². The normalized spacial score (nSPS) is 25.2. The van der Waals surface area contributed by atoms with Crippen LogP contribution in [0, 0.1) is 19.8 Å². The van der Waals surface area contributed by atoms with E-state index in [2.05, 4.69) is 26.0 Å². The Morgan fingerprint density at radius 2 is 2.13 bits per heavy atom. The van der Waals surface area contributed by atoms with Gasteiger partial charge in [-0.1, -0.05) is 18.7 Å². The van der Waals surface area contributed by atoms with Gasteiger partial charge in [-0.2, -0.15) is 5.10 Å². The van der Waals surface area contributed by atoms with Gasteiger partial charge in [0.25, 0.3) is 5.56 Å². The third kappa shape index (κ3) is 4.11. The van der Waals surface area contributed by atoms with Gasteiger partial charge in [0.05, 0.1) is 17.7 Å². The molecule has 0 spiro atoms. The van der Waals surface area contributed by atoms with Gasteiger partial charge in [0, 0.05) is 36.0 Å². The molecule has 2 aromatic rings. The first-order valence-corrected chi connectivity index (χ1v) is 11.4. The average Bonchev–Trinajstić information content (AvgIpc) is 3.28. The number of aryl methyl sites for hydroxylation is 2. The molecule has 1 fully saturated rings. The zero-order chi connectivity index (χ0) is 22.3. The zero-order valence-corrected chi connectivity index (χ0v) is 18.8. The number of fused-ring (bicyclic) bond motifs is 1. The first-order valence-electron chi connectivity index (χ1n) is 10.4. The number of carbonyl (C=O) groups is 2. The van der Waals surface area contributed by atoms with Gasteiger partial charge >= 0.3 is 0 Å². The third-order valence-corrected chi connectivity index (χ3v) is 6.88. The fourth-order valence-electron chi connectivity index (χ4n) is 4.13. The Hall–Kier alpha value is -2.66. The number of hydrogen-bond acceptors (Lipinski definition) is 7. The summed E-state index contributed by atoms with van der Waals surface area (Å²) in [7, 11) is 0. The summed E-state index contributed by atoms with van der Waals surface area (Å²) in [4.78, 5) is 42.1. The number of amides is 2. The lowest BCUT2D eigenvalue weighted by atomic mass is 9.95. The second kappa shape index (κ2) is 8.46. The van der Waals surface area contributed by atoms with Crippen molar-refractivity contribution in [1.82, 2.24) is 30.0 Å². The second-order valence-corrected chi connectivity index (χ2v) is 9.10. The van der Waals surface area contributed by atoms with E-state index < -0.39 is 6.29 Å². The molecular formula is C20H27N7O3S. The molecule has 11 heteroatoms. The fraction of sp³-hybridized carbons (Fsp3) is 0.550. The molecule has 2 aliphatic heterocycles. The Bertz CT molecular complexity index is 1080. The Morgan fingerprint density at radius 3 is 2.84 bits per heavy atom. The fourth-order valence-corrected chi connectivity index (χ4v) is 5.24. The highest BCUT2D eigenvalue weighted by Crippen LogP contribution is 2.32. The summed E-state index contributed by atoms with van der Waals surface area (Å²) >= 11 is 1.48. The van der Waals surface area contributed by atoms with E-state index in [1.54, 1.807) is 28.4 Å². The summed E-state index contributed by atoms with van der Waals surface area (Å²) in [5, 5.41) is 14.3. The molecule has 0 aromatic carbocycles. The highest BCUT2D eigenvalue weighted by molar-refractivity contribution is 7.99. The highest BCUT2D eigenvalue weighted by Gasteiger charge is 2.34. The van der Waals surface area contributed by atoms with E-state index in [9.17, 15) is 14.4 Å². The van der Waals surface area contributed by atoms with Crippen LogP contribution < -0.4 is 21.5 Å². The predicted molar refractivity (Wildman–Crippen MR) is 117 cm³/mol. The van der Waals surface area contributed by atoms with Crippen molar-refractivity contribution < 1.29 is 9.59 Å². The second-order valence-electron chi connectivity index (χ2n) is 8.11. The largest absolute Gasteiger partial charge is 0.322 e. The van der Waals surface area contributed by atoms with Gasteiger partial charge in [-0.25, -0.2) is 9.67 Å². The molecule has 0 bridgehead atoms. The average molecular weight is 446 g/mol. The van der Waals surface area contributed by atoms with Crippen LogP contribution >= 0.6 is 11.8 Å². The smallest absolute Gasteiger partial charge is 0.257 e. The Kier molecular flexibility index (Phi) is 5.89. The van der Waals surface area contributed by atoms with Crippen LogP contribution in [0.3, 0.4) is 0 Å². The lowest BCUT2D eigenvalue weighted by Gasteiger charge is -2.35. The lowest BCUT2D eigenvalue weighted by Crippen LogP contribution is -2.57. The van der Waals surface area contributed by atoms with Crippen LogP contribution in [-0.2, 0) is 9.59 Å². The summed E-state index contributed by atoms with van der Waals surface area (Å²) in [6, 6.07) is 1.49. The van der Waals surface area contributed by atoms with Gasteiger partial charge in [0.1, 0.15) is 5.82 Å². The van der Waals surface area contributed by atoms with Crippen molar-refractivity contribution in [3.8, 4) is 0 Å². The standard InChI is InChI=1S/C20H27N7O3S/c1-5-14-12(4)22-19(24-17(14)29)27-15(6-11(3)25-27)23-16(28)7-13-9-31-20-21-8-10(2)18(30)26(13)20/h6,8,12-14,19,22H,5,7,9H2,1-4H3,(H,23,28)(H,24,29). The Labute approximate surface area is 184 Å². The summed E-state index contributed by atoms with van der Waals surface area (Å²) < 4.78 is 3.19. The molecule has 3 N–H and O–H groups in total. The summed E-state index contributed by atoms with van der Waals surface area (Å²) in [5.74, 6) is 0.734. The number of thioether (sulfide) groups is 1. The number of nitrogens with zero attached hydrogens (tertiary/aromatic N) is 4. The molecule has 0 aliphatic carbocycles. The van der Waals surface area contributed by atoms with Gasteiger partial charge < -0.3 is 10.6 Å². The van der Waals surface area contributed by atoms with Gasteiger partial charge in [-0.05, 0) is 27.2 Å². The molecule has 2 aliphatic rings. The molecule has 4 unspecified atom stereocenters. The lowest BCUT2D eigenvalue weighted by molar-refractivity contribution is -0.130. The third-order valence-electron chi connectivity index (χ3n) is 5.77. The van der Waals surface area contributed by atoms with Crippen molar-refractivity contribution >= 4 is 29.4 Å². The molecule has 166 valence electrons. The first kappa shape index (κ1) is 21.6. The van der Waals surface area contributed by atoms with Crippen LogP contribution in [0.5, 0.6) is 0 Å². The maximum absolute atomic E-state index is 12.8. The van der Waals surface area contributed by atoms with Crippen LogP contribution in [0.25, 0.3) is 0 Å². The van der Waals surface area contributed by atoms with Crippen molar-refractivity contribution in [2.24, 2.45) is 5.92 Å². The van der Waals surface area contributed by atoms with E-state index in [0.29, 0.717) is 22.3 Å². The van der Waals surface area contributed by atoms with Crippen molar-refractivity contribution in [3.05, 3.63) is 33.9 Å². The molecule has 2 amide bonds. The van der Waals surface area contributed by atoms with Crippen molar-refractivity contribution in [2.45, 2.75) is 64.1 Å². The molecular weight excluding hydrogens is 418 g/mol. The minimum Gasteiger partial charge on any atom is -0.322 e. The molecule has 2 aromatic heterocycles. The molecule has 4 rings (SSSR count). The van der Waals surface area contributed by atoms with E-state index in [4.69, 9.17) is 0 Å². The SMILES string of the molecule is CCC1C(=O)NC(n2nc(C)cc2NC(=O)CC2CSc3ncc(C)c(=O)n32)NC1C. The van der Waals surface area contributed by atoms with Crippen molar-refractivity contribution in [2.75, 3.05) is 11.1 Å². The molecule has 0 radical (unpaired) electrons. The molecule has 1 saturated heterocycles. The van der Waals surface area contributed by atoms with Crippen LogP contribution in [0.2, 0.25) is 0 Å². The summed E-state index contributed by atoms with van der Waals surface area (Å²) in [6.07, 6.45) is 1.91. The maximum Gasteiger partial charge on any atom is 0.257 e. The van der Waals surface area contributed by atoms with Crippen LogP contribution in [0.1, 0.15) is 50.3 Å². The molecule has 10 nitrogen and oxygen atoms in total. The monoisotopic (exact) mass is 445 g/mol. The topological polar surface area (TPSA) is 123 Å². The number of anilines is 1. The van der Waals surface area contributed by atoms with Crippen molar-refractivity contribution in [1.29, 1.82) is 0 Å². The van der Waals surface area contributed by atoms with Gasteiger partial charge in [0.2, 0.25) is 11.8 Å². The van der Waals surface area contributed by atoms with Gasteiger partial charge in [-0.3, -0.25) is 24.3 Å². The van der Waals surface area contributed by atoms with E-state index in [1.165, 1.54) is 11.8 Å². The van der Waals surface area contributed by atoms with Gasteiger partial charge in [-0.15, -0.1) is 0 Å².